The molecule has 1 N–H and O–H groups in total. The Morgan fingerprint density at radius 3 is 2.96 bits per heavy atom. The lowest BCUT2D eigenvalue weighted by Gasteiger charge is -2.39. The lowest BCUT2D eigenvalue weighted by molar-refractivity contribution is 0.00805. The summed E-state index contributed by atoms with van der Waals surface area (Å²) < 4.78 is 5.62. The van der Waals surface area contributed by atoms with Crippen LogP contribution in [-0.2, 0) is 11.2 Å². The van der Waals surface area contributed by atoms with Gasteiger partial charge in [0.25, 0.3) is 5.91 Å². The van der Waals surface area contributed by atoms with Crippen LogP contribution in [0.15, 0.2) is 53.7 Å². The molecule has 0 radical (unpaired) electrons. The number of nitrogens with zero attached hydrogens (tertiary/aromatic N) is 1. The van der Waals surface area contributed by atoms with Gasteiger partial charge in [0.05, 0.1) is 11.7 Å². The summed E-state index contributed by atoms with van der Waals surface area (Å²) in [4.78, 5) is 17.1. The molecule has 0 unspecified atom stereocenters. The number of aryl methyl sites for hydroxylation is 1. The van der Waals surface area contributed by atoms with Gasteiger partial charge in [0.1, 0.15) is 5.03 Å². The molecule has 2 fully saturated rings. The molecule has 2 aromatic rings. The highest BCUT2D eigenvalue weighted by Gasteiger charge is 2.45. The zero-order valence-electron chi connectivity index (χ0n) is 14.1. The predicted octanol–water partition coefficient (Wildman–Crippen LogP) is 3.32. The van der Waals surface area contributed by atoms with Gasteiger partial charge in [0, 0.05) is 30.5 Å². The van der Waals surface area contributed by atoms with Crippen LogP contribution in [0.5, 0.6) is 0 Å². The van der Waals surface area contributed by atoms with E-state index in [1.54, 1.807) is 18.0 Å². The van der Waals surface area contributed by atoms with Crippen LogP contribution in [0, 0.1) is 5.92 Å². The molecule has 4 rings (SSSR count). The van der Waals surface area contributed by atoms with Crippen LogP contribution in [0.25, 0.3) is 0 Å². The minimum atomic E-state index is -0.00865. The molecule has 0 bridgehead atoms. The zero-order chi connectivity index (χ0) is 17.1. The van der Waals surface area contributed by atoms with Gasteiger partial charge in [0.2, 0.25) is 0 Å². The number of nitrogens with one attached hydrogen (secondary N) is 1. The summed E-state index contributed by atoms with van der Waals surface area (Å²) in [6.07, 6.45) is 5.08. The SMILES string of the molecule is O=C(N[C@H]1C[C@@H]2OCC[C@H]12)c1cccnc1SCCc1ccccc1. The Bertz CT molecular complexity index is 737. The number of hydrogen-bond donors (Lipinski definition) is 1. The van der Waals surface area contributed by atoms with E-state index in [1.165, 1.54) is 5.56 Å². The second kappa shape index (κ2) is 7.58. The van der Waals surface area contributed by atoms with Gasteiger partial charge in [-0.05, 0) is 37.0 Å². The summed E-state index contributed by atoms with van der Waals surface area (Å²) >= 11 is 1.65. The second-order valence-corrected chi connectivity index (χ2v) is 7.70. The molecular formula is C20H22N2O2S. The second-order valence-electron chi connectivity index (χ2n) is 6.62. The van der Waals surface area contributed by atoms with Crippen molar-refractivity contribution in [3.63, 3.8) is 0 Å². The van der Waals surface area contributed by atoms with E-state index in [0.717, 1.165) is 36.6 Å². The van der Waals surface area contributed by atoms with E-state index in [9.17, 15) is 4.79 Å². The van der Waals surface area contributed by atoms with Crippen LogP contribution in [0.1, 0.15) is 28.8 Å². The van der Waals surface area contributed by atoms with Gasteiger partial charge in [-0.2, -0.15) is 0 Å². The topological polar surface area (TPSA) is 51.2 Å². The van der Waals surface area contributed by atoms with Gasteiger partial charge in [-0.25, -0.2) is 4.98 Å². The summed E-state index contributed by atoms with van der Waals surface area (Å²) in [6.45, 7) is 0.829. The number of carbonyl (C=O) groups excluding carboxylic acids is 1. The molecule has 1 saturated carbocycles. The lowest BCUT2D eigenvalue weighted by atomic mass is 9.76. The van der Waals surface area contributed by atoms with Crippen LogP contribution in [-0.4, -0.2) is 35.4 Å². The van der Waals surface area contributed by atoms with Gasteiger partial charge in [-0.3, -0.25) is 4.79 Å². The molecule has 3 atom stereocenters. The zero-order valence-corrected chi connectivity index (χ0v) is 14.9. The minimum Gasteiger partial charge on any atom is -0.378 e. The molecule has 25 heavy (non-hydrogen) atoms. The van der Waals surface area contributed by atoms with Gasteiger partial charge in [-0.15, -0.1) is 11.8 Å². The standard InChI is InChI=1S/C20H22N2O2S/c23-19(22-17-13-18-15(17)8-11-24-18)16-7-4-10-21-20(16)25-12-9-14-5-2-1-3-6-14/h1-7,10,15,17-18H,8-9,11-13H2,(H,22,23)/t15-,17+,18+/m1/s1. The lowest BCUT2D eigenvalue weighted by Crippen LogP contribution is -2.53. The summed E-state index contributed by atoms with van der Waals surface area (Å²) in [5.74, 6) is 1.39. The van der Waals surface area contributed by atoms with Crippen molar-refractivity contribution in [1.82, 2.24) is 10.3 Å². The minimum absolute atomic E-state index is 0.00865. The number of thioether (sulfide) groups is 1. The highest BCUT2D eigenvalue weighted by atomic mass is 32.2. The van der Waals surface area contributed by atoms with Gasteiger partial charge in [0.15, 0.2) is 0 Å². The van der Waals surface area contributed by atoms with E-state index in [2.05, 4.69) is 34.6 Å². The molecule has 1 aromatic heterocycles. The predicted molar refractivity (Wildman–Crippen MR) is 98.8 cm³/mol. The Labute approximate surface area is 152 Å². The van der Waals surface area contributed by atoms with Crippen molar-refractivity contribution < 1.29 is 9.53 Å². The highest BCUT2D eigenvalue weighted by molar-refractivity contribution is 7.99. The fraction of sp³-hybridized carbons (Fsp3) is 0.400. The molecular weight excluding hydrogens is 332 g/mol. The van der Waals surface area contributed by atoms with Gasteiger partial charge >= 0.3 is 0 Å². The van der Waals surface area contributed by atoms with E-state index in [0.29, 0.717) is 17.6 Å². The summed E-state index contributed by atoms with van der Waals surface area (Å²) in [5.41, 5.74) is 1.99. The molecule has 130 valence electrons. The number of carbonyl (C=O) groups is 1. The molecule has 1 saturated heterocycles. The third kappa shape index (κ3) is 3.72. The fourth-order valence-corrected chi connectivity index (χ4v) is 4.58. The maximum Gasteiger partial charge on any atom is 0.254 e. The number of pyridine rings is 1. The smallest absolute Gasteiger partial charge is 0.254 e. The number of fused-ring (bicyclic) bond motifs is 1. The monoisotopic (exact) mass is 354 g/mol. The number of rotatable bonds is 6. The maximum atomic E-state index is 12.7. The third-order valence-corrected chi connectivity index (χ3v) is 6.08. The van der Waals surface area contributed by atoms with Gasteiger partial charge < -0.3 is 10.1 Å². The summed E-state index contributed by atoms with van der Waals surface area (Å²) in [7, 11) is 0. The van der Waals surface area contributed by atoms with Crippen molar-refractivity contribution in [2.45, 2.75) is 36.4 Å². The van der Waals surface area contributed by atoms with Crippen LogP contribution in [0.2, 0.25) is 0 Å². The molecule has 0 spiro atoms. The van der Waals surface area contributed by atoms with Crippen LogP contribution < -0.4 is 5.32 Å². The van der Waals surface area contributed by atoms with Crippen molar-refractivity contribution in [2.75, 3.05) is 12.4 Å². The van der Waals surface area contributed by atoms with E-state index >= 15 is 0 Å². The molecule has 1 aliphatic carbocycles. The average molecular weight is 354 g/mol. The highest BCUT2D eigenvalue weighted by Crippen LogP contribution is 2.38. The van der Waals surface area contributed by atoms with Crippen molar-refractivity contribution in [3.8, 4) is 0 Å². The van der Waals surface area contributed by atoms with E-state index in [1.807, 2.05) is 18.2 Å². The normalized spacial score (nSPS) is 24.4. The van der Waals surface area contributed by atoms with Crippen molar-refractivity contribution in [3.05, 3.63) is 59.8 Å². The number of hydrogen-bond acceptors (Lipinski definition) is 4. The van der Waals surface area contributed by atoms with Crippen molar-refractivity contribution in [1.29, 1.82) is 0 Å². The third-order valence-electron chi connectivity index (χ3n) is 5.07. The Morgan fingerprint density at radius 2 is 2.12 bits per heavy atom. The van der Waals surface area contributed by atoms with Crippen molar-refractivity contribution in [2.24, 2.45) is 5.92 Å². The fourth-order valence-electron chi connectivity index (χ4n) is 3.60. The molecule has 2 aliphatic rings. The summed E-state index contributed by atoms with van der Waals surface area (Å²) in [6, 6.07) is 14.3. The largest absolute Gasteiger partial charge is 0.378 e. The molecule has 5 heteroatoms. The first-order chi connectivity index (χ1) is 12.3. The maximum absolute atomic E-state index is 12.7. The Morgan fingerprint density at radius 1 is 1.24 bits per heavy atom. The first kappa shape index (κ1) is 16.6. The first-order valence-electron chi connectivity index (χ1n) is 8.85. The quantitative estimate of drug-likeness (QED) is 0.809. The Kier molecular flexibility index (Phi) is 5.04. The number of aromatic nitrogens is 1. The first-order valence-corrected chi connectivity index (χ1v) is 9.84. The Balaban J connectivity index is 1.36. The van der Waals surface area contributed by atoms with Gasteiger partial charge in [-0.1, -0.05) is 30.3 Å². The van der Waals surface area contributed by atoms with Crippen LogP contribution >= 0.6 is 11.8 Å². The van der Waals surface area contributed by atoms with E-state index in [4.69, 9.17) is 4.74 Å². The number of benzene rings is 1. The molecule has 2 heterocycles. The van der Waals surface area contributed by atoms with Crippen LogP contribution in [0.4, 0.5) is 0 Å². The number of ether oxygens (including phenoxy) is 1. The molecule has 1 amide bonds. The van der Waals surface area contributed by atoms with Crippen molar-refractivity contribution >= 4 is 17.7 Å². The molecule has 4 nitrogen and oxygen atoms in total. The van der Waals surface area contributed by atoms with E-state index in [-0.39, 0.29) is 11.9 Å². The Hall–Kier alpha value is -1.85. The number of amides is 1. The van der Waals surface area contributed by atoms with Crippen LogP contribution in [0.3, 0.4) is 0 Å². The molecule has 1 aromatic carbocycles. The average Bonchev–Trinajstić information content (AvgIpc) is 3.02. The summed E-state index contributed by atoms with van der Waals surface area (Å²) in [5, 5.41) is 3.99. The van der Waals surface area contributed by atoms with E-state index < -0.39 is 0 Å². The molecule has 1 aliphatic heterocycles.